The molecule has 2 heterocycles. The molecule has 1 unspecified atom stereocenters. The molecule has 1 aromatic heterocycles. The number of sulfone groups is 1. The smallest absolute Gasteiger partial charge is 0.151 e. The quantitative estimate of drug-likeness (QED) is 0.825. The van der Waals surface area contributed by atoms with Crippen LogP contribution >= 0.6 is 0 Å². The van der Waals surface area contributed by atoms with Gasteiger partial charge in [-0.1, -0.05) is 0 Å². The van der Waals surface area contributed by atoms with Crippen LogP contribution in [0.1, 0.15) is 12.8 Å². The zero-order valence-electron chi connectivity index (χ0n) is 11.1. The molecule has 0 spiro atoms. The van der Waals surface area contributed by atoms with E-state index in [1.165, 1.54) is 6.26 Å². The van der Waals surface area contributed by atoms with Gasteiger partial charge < -0.3 is 10.2 Å². The van der Waals surface area contributed by atoms with Gasteiger partial charge in [-0.3, -0.25) is 0 Å². The highest BCUT2D eigenvalue weighted by Gasteiger charge is 2.20. The molecule has 6 nitrogen and oxygen atoms in total. The van der Waals surface area contributed by atoms with Crippen LogP contribution in [-0.4, -0.2) is 56.3 Å². The molecule has 1 atom stereocenters. The molecule has 1 fully saturated rings. The molecule has 0 bridgehead atoms. The molecule has 19 heavy (non-hydrogen) atoms. The molecule has 0 saturated carbocycles. The van der Waals surface area contributed by atoms with Gasteiger partial charge in [0.15, 0.2) is 5.82 Å². The van der Waals surface area contributed by atoms with Gasteiger partial charge in [0.05, 0.1) is 5.75 Å². The standard InChI is InChI=1S/C12H20N4O2S/c1-19(17,18)9-7-13-11-4-3-8-16(10-11)12-5-2-6-14-15-12/h2,5-6,11,13H,3-4,7-10H2,1H3. The van der Waals surface area contributed by atoms with E-state index in [1.807, 2.05) is 12.1 Å². The maximum absolute atomic E-state index is 11.1. The lowest BCUT2D eigenvalue weighted by Crippen LogP contribution is -2.47. The first-order valence-electron chi connectivity index (χ1n) is 6.48. The molecular formula is C12H20N4O2S. The van der Waals surface area contributed by atoms with Crippen molar-refractivity contribution in [2.24, 2.45) is 0 Å². The van der Waals surface area contributed by atoms with Crippen LogP contribution in [0.2, 0.25) is 0 Å². The molecular weight excluding hydrogens is 264 g/mol. The van der Waals surface area contributed by atoms with Gasteiger partial charge in [0.25, 0.3) is 0 Å². The van der Waals surface area contributed by atoms with Gasteiger partial charge in [-0.15, -0.1) is 5.10 Å². The summed E-state index contributed by atoms with van der Waals surface area (Å²) in [6, 6.07) is 4.15. The van der Waals surface area contributed by atoms with Crippen molar-refractivity contribution >= 4 is 15.7 Å². The lowest BCUT2D eigenvalue weighted by Gasteiger charge is -2.33. The predicted octanol–water partition coefficient (Wildman–Crippen LogP) is 0.0796. The number of nitrogens with zero attached hydrogens (tertiary/aromatic N) is 3. The molecule has 2 rings (SSSR count). The summed E-state index contributed by atoms with van der Waals surface area (Å²) >= 11 is 0. The molecule has 1 aliphatic heterocycles. The third-order valence-electron chi connectivity index (χ3n) is 3.21. The summed E-state index contributed by atoms with van der Waals surface area (Å²) in [6.07, 6.45) is 5.07. The maximum Gasteiger partial charge on any atom is 0.151 e. The Morgan fingerprint density at radius 2 is 2.37 bits per heavy atom. The van der Waals surface area contributed by atoms with Gasteiger partial charge in [0.1, 0.15) is 9.84 Å². The second-order valence-electron chi connectivity index (χ2n) is 4.95. The van der Waals surface area contributed by atoms with E-state index in [0.717, 1.165) is 31.7 Å². The topological polar surface area (TPSA) is 75.2 Å². The first-order valence-corrected chi connectivity index (χ1v) is 8.54. The lowest BCUT2D eigenvalue weighted by molar-refractivity contribution is 0.429. The Hall–Kier alpha value is -1.21. The van der Waals surface area contributed by atoms with Crippen LogP contribution in [0.3, 0.4) is 0 Å². The summed E-state index contributed by atoms with van der Waals surface area (Å²) in [4.78, 5) is 2.19. The molecule has 0 amide bonds. The molecule has 0 aliphatic carbocycles. The van der Waals surface area contributed by atoms with E-state index >= 15 is 0 Å². The van der Waals surface area contributed by atoms with Crippen LogP contribution < -0.4 is 10.2 Å². The van der Waals surface area contributed by atoms with Crippen molar-refractivity contribution in [3.63, 3.8) is 0 Å². The van der Waals surface area contributed by atoms with Gasteiger partial charge >= 0.3 is 0 Å². The summed E-state index contributed by atoms with van der Waals surface area (Å²) in [5.74, 6) is 1.08. The molecule has 1 aromatic rings. The van der Waals surface area contributed by atoms with E-state index in [0.29, 0.717) is 12.6 Å². The summed E-state index contributed by atoms with van der Waals surface area (Å²) in [5.41, 5.74) is 0. The fourth-order valence-corrected chi connectivity index (χ4v) is 2.75. The van der Waals surface area contributed by atoms with Crippen molar-refractivity contribution in [2.75, 3.05) is 36.5 Å². The van der Waals surface area contributed by atoms with Crippen molar-refractivity contribution < 1.29 is 8.42 Å². The molecule has 1 aliphatic rings. The van der Waals surface area contributed by atoms with Gasteiger partial charge in [-0.25, -0.2) is 8.42 Å². The van der Waals surface area contributed by atoms with E-state index in [2.05, 4.69) is 20.4 Å². The minimum atomic E-state index is -2.89. The number of aromatic nitrogens is 2. The zero-order valence-corrected chi connectivity index (χ0v) is 11.9. The Balaban J connectivity index is 1.84. The number of hydrogen-bond donors (Lipinski definition) is 1. The number of piperidine rings is 1. The predicted molar refractivity (Wildman–Crippen MR) is 75.0 cm³/mol. The number of rotatable bonds is 5. The summed E-state index contributed by atoms with van der Waals surface area (Å²) in [5, 5.41) is 11.3. The first kappa shape index (κ1) is 14.2. The lowest BCUT2D eigenvalue weighted by atomic mass is 10.1. The first-order chi connectivity index (χ1) is 9.04. The van der Waals surface area contributed by atoms with Gasteiger partial charge in [-0.05, 0) is 25.0 Å². The SMILES string of the molecule is CS(=O)(=O)CCNC1CCCN(c2cccnn2)C1. The van der Waals surface area contributed by atoms with E-state index in [9.17, 15) is 8.42 Å². The van der Waals surface area contributed by atoms with Crippen molar-refractivity contribution in [1.82, 2.24) is 15.5 Å². The molecule has 7 heteroatoms. The van der Waals surface area contributed by atoms with Crippen LogP contribution in [0.5, 0.6) is 0 Å². The highest BCUT2D eigenvalue weighted by atomic mass is 32.2. The van der Waals surface area contributed by atoms with Crippen LogP contribution in [0, 0.1) is 0 Å². The van der Waals surface area contributed by atoms with E-state index < -0.39 is 9.84 Å². The summed E-state index contributed by atoms with van der Waals surface area (Å²) in [7, 11) is -2.89. The highest BCUT2D eigenvalue weighted by Crippen LogP contribution is 2.16. The van der Waals surface area contributed by atoms with E-state index in [-0.39, 0.29) is 5.75 Å². The fourth-order valence-electron chi connectivity index (χ4n) is 2.26. The Morgan fingerprint density at radius 3 is 3.05 bits per heavy atom. The maximum atomic E-state index is 11.1. The molecule has 0 radical (unpaired) electrons. The third-order valence-corrected chi connectivity index (χ3v) is 4.16. The van der Waals surface area contributed by atoms with Gasteiger partial charge in [0, 0.05) is 38.1 Å². The minimum Gasteiger partial charge on any atom is -0.354 e. The van der Waals surface area contributed by atoms with Crippen molar-refractivity contribution in [3.05, 3.63) is 18.3 Å². The number of anilines is 1. The third kappa shape index (κ3) is 4.76. The molecule has 1 saturated heterocycles. The zero-order chi connectivity index (χ0) is 13.7. The van der Waals surface area contributed by atoms with E-state index in [4.69, 9.17) is 0 Å². The summed E-state index contributed by atoms with van der Waals surface area (Å²) < 4.78 is 22.2. The normalized spacial score (nSPS) is 20.5. The monoisotopic (exact) mass is 284 g/mol. The average molecular weight is 284 g/mol. The molecule has 0 aromatic carbocycles. The minimum absolute atomic E-state index is 0.189. The van der Waals surface area contributed by atoms with Crippen LogP contribution in [0.25, 0.3) is 0 Å². The Bertz CT molecular complexity index is 492. The Morgan fingerprint density at radius 1 is 1.53 bits per heavy atom. The summed E-state index contributed by atoms with van der Waals surface area (Å²) in [6.45, 7) is 2.34. The van der Waals surface area contributed by atoms with Crippen LogP contribution in [0.15, 0.2) is 18.3 Å². The number of hydrogen-bond acceptors (Lipinski definition) is 6. The molecule has 106 valence electrons. The van der Waals surface area contributed by atoms with E-state index in [1.54, 1.807) is 6.20 Å². The average Bonchev–Trinajstić information content (AvgIpc) is 2.39. The van der Waals surface area contributed by atoms with Gasteiger partial charge in [0.2, 0.25) is 0 Å². The second kappa shape index (κ2) is 6.29. The van der Waals surface area contributed by atoms with Crippen molar-refractivity contribution in [2.45, 2.75) is 18.9 Å². The van der Waals surface area contributed by atoms with Crippen molar-refractivity contribution in [1.29, 1.82) is 0 Å². The highest BCUT2D eigenvalue weighted by molar-refractivity contribution is 7.90. The second-order valence-corrected chi connectivity index (χ2v) is 7.21. The van der Waals surface area contributed by atoms with Crippen LogP contribution in [0.4, 0.5) is 5.82 Å². The largest absolute Gasteiger partial charge is 0.354 e. The Labute approximate surface area is 114 Å². The molecule has 1 N–H and O–H groups in total. The van der Waals surface area contributed by atoms with Crippen LogP contribution in [-0.2, 0) is 9.84 Å². The van der Waals surface area contributed by atoms with Crippen molar-refractivity contribution in [3.8, 4) is 0 Å². The Kier molecular flexibility index (Phi) is 4.71. The fraction of sp³-hybridized carbons (Fsp3) is 0.667. The number of nitrogens with one attached hydrogen (secondary N) is 1. The van der Waals surface area contributed by atoms with Gasteiger partial charge in [-0.2, -0.15) is 5.10 Å².